The molecule has 110 valence electrons. The second kappa shape index (κ2) is 5.51. The summed E-state index contributed by atoms with van der Waals surface area (Å²) in [5.41, 5.74) is 0.307. The minimum atomic E-state index is -3.67. The van der Waals surface area contributed by atoms with Crippen molar-refractivity contribution >= 4 is 16.0 Å². The van der Waals surface area contributed by atoms with E-state index in [1.165, 1.54) is 43.2 Å². The van der Waals surface area contributed by atoms with E-state index in [0.29, 0.717) is 0 Å². The van der Waals surface area contributed by atoms with Gasteiger partial charge in [0, 0.05) is 26.4 Å². The molecule has 0 amide bonds. The van der Waals surface area contributed by atoms with Gasteiger partial charge in [0.25, 0.3) is 0 Å². The molecule has 0 aliphatic rings. The Labute approximate surface area is 121 Å². The largest absolute Gasteiger partial charge is 0.302 e. The fraction of sp³-hybridized carbons (Fsp3) is 0.167. The first-order valence-electron chi connectivity index (χ1n) is 5.79. The summed E-state index contributed by atoms with van der Waals surface area (Å²) in [4.78, 5) is 0. The zero-order valence-corrected chi connectivity index (χ0v) is 12.1. The molecule has 0 spiro atoms. The normalized spacial score (nSPS) is 11.4. The van der Waals surface area contributed by atoms with E-state index in [2.05, 4.69) is 9.82 Å². The van der Waals surface area contributed by atoms with Gasteiger partial charge in [-0.3, -0.25) is 4.72 Å². The Bertz CT molecular complexity index is 807. The van der Waals surface area contributed by atoms with Crippen LogP contribution in [-0.2, 0) is 10.2 Å². The van der Waals surface area contributed by atoms with Crippen molar-refractivity contribution < 1.29 is 12.8 Å². The third-order valence-electron chi connectivity index (χ3n) is 2.63. The number of halogens is 1. The molecule has 1 aromatic heterocycles. The van der Waals surface area contributed by atoms with Gasteiger partial charge in [0.15, 0.2) is 5.82 Å². The van der Waals surface area contributed by atoms with E-state index in [4.69, 9.17) is 5.26 Å². The Hall–Kier alpha value is -2.44. The van der Waals surface area contributed by atoms with E-state index in [9.17, 15) is 12.8 Å². The van der Waals surface area contributed by atoms with Crippen molar-refractivity contribution in [2.75, 3.05) is 18.8 Å². The van der Waals surface area contributed by atoms with Crippen LogP contribution in [0.5, 0.6) is 0 Å². The van der Waals surface area contributed by atoms with Gasteiger partial charge in [-0.2, -0.15) is 18.0 Å². The first-order chi connectivity index (χ1) is 9.83. The summed E-state index contributed by atoms with van der Waals surface area (Å²) in [5, 5.41) is 12.6. The second-order valence-corrected chi connectivity index (χ2v) is 6.20. The van der Waals surface area contributed by atoms with E-state index in [-0.39, 0.29) is 17.1 Å². The van der Waals surface area contributed by atoms with Gasteiger partial charge in [-0.25, -0.2) is 9.07 Å². The van der Waals surface area contributed by atoms with E-state index in [1.807, 2.05) is 6.07 Å². The predicted octanol–water partition coefficient (Wildman–Crippen LogP) is 1.10. The molecule has 1 heterocycles. The Morgan fingerprint density at radius 1 is 1.38 bits per heavy atom. The Morgan fingerprint density at radius 2 is 2.10 bits per heavy atom. The molecule has 0 aliphatic carbocycles. The highest BCUT2D eigenvalue weighted by Crippen LogP contribution is 2.16. The standard InChI is InChI=1S/C12H12FN5O2S/c1-17(2)21(19,20)16-12-5-6-18(15-12)11-4-3-9(8-14)7-10(11)13/h3-7H,1-2H3,(H,15,16). The number of hydrogen-bond donors (Lipinski definition) is 1. The number of nitriles is 1. The number of hydrogen-bond acceptors (Lipinski definition) is 4. The van der Waals surface area contributed by atoms with Crippen LogP contribution in [0, 0.1) is 17.1 Å². The molecule has 2 aromatic rings. The third-order valence-corrected chi connectivity index (χ3v) is 4.06. The van der Waals surface area contributed by atoms with Gasteiger partial charge in [-0.05, 0) is 18.2 Å². The molecule has 2 rings (SSSR count). The minimum absolute atomic E-state index is 0.0625. The predicted molar refractivity (Wildman–Crippen MR) is 74.5 cm³/mol. The molecule has 0 atom stereocenters. The average Bonchev–Trinajstić information content (AvgIpc) is 2.85. The molecular weight excluding hydrogens is 297 g/mol. The fourth-order valence-electron chi connectivity index (χ4n) is 1.50. The molecule has 0 aliphatic heterocycles. The minimum Gasteiger partial charge on any atom is -0.253 e. The van der Waals surface area contributed by atoms with Crippen molar-refractivity contribution in [2.24, 2.45) is 0 Å². The van der Waals surface area contributed by atoms with Gasteiger partial charge in [0.2, 0.25) is 0 Å². The van der Waals surface area contributed by atoms with Crippen LogP contribution in [0.3, 0.4) is 0 Å². The second-order valence-electron chi connectivity index (χ2n) is 4.31. The maximum Gasteiger partial charge on any atom is 0.302 e. The van der Waals surface area contributed by atoms with Crippen molar-refractivity contribution in [3.63, 3.8) is 0 Å². The number of nitrogens with one attached hydrogen (secondary N) is 1. The van der Waals surface area contributed by atoms with Gasteiger partial charge in [0.05, 0.1) is 11.6 Å². The van der Waals surface area contributed by atoms with E-state index >= 15 is 0 Å². The lowest BCUT2D eigenvalue weighted by Crippen LogP contribution is -2.29. The Kier molecular flexibility index (Phi) is 3.93. The van der Waals surface area contributed by atoms with Crippen LogP contribution in [0.1, 0.15) is 5.56 Å². The first-order valence-corrected chi connectivity index (χ1v) is 7.23. The van der Waals surface area contributed by atoms with Gasteiger partial charge in [0.1, 0.15) is 11.5 Å². The molecule has 0 fully saturated rings. The van der Waals surface area contributed by atoms with Crippen molar-refractivity contribution in [3.8, 4) is 11.8 Å². The zero-order valence-electron chi connectivity index (χ0n) is 11.3. The molecule has 0 bridgehead atoms. The van der Waals surface area contributed by atoms with E-state index < -0.39 is 16.0 Å². The van der Waals surface area contributed by atoms with Crippen LogP contribution in [0.4, 0.5) is 10.2 Å². The average molecular weight is 309 g/mol. The summed E-state index contributed by atoms with van der Waals surface area (Å²) >= 11 is 0. The maximum absolute atomic E-state index is 13.8. The third kappa shape index (κ3) is 3.18. The summed E-state index contributed by atoms with van der Waals surface area (Å²) < 4.78 is 41.6. The lowest BCUT2D eigenvalue weighted by molar-refractivity contribution is 0.526. The number of anilines is 1. The number of rotatable bonds is 4. The molecule has 0 saturated carbocycles. The lowest BCUT2D eigenvalue weighted by atomic mass is 10.2. The first kappa shape index (κ1) is 15.0. The smallest absolute Gasteiger partial charge is 0.253 e. The van der Waals surface area contributed by atoms with Crippen molar-refractivity contribution in [1.82, 2.24) is 14.1 Å². The quantitative estimate of drug-likeness (QED) is 0.915. The van der Waals surface area contributed by atoms with Gasteiger partial charge in [-0.1, -0.05) is 0 Å². The van der Waals surface area contributed by atoms with Crippen molar-refractivity contribution in [2.45, 2.75) is 0 Å². The highest BCUT2D eigenvalue weighted by Gasteiger charge is 2.15. The summed E-state index contributed by atoms with van der Waals surface area (Å²) in [7, 11) is -0.921. The van der Waals surface area contributed by atoms with Crippen molar-refractivity contribution in [1.29, 1.82) is 5.26 Å². The molecule has 0 unspecified atom stereocenters. The highest BCUT2D eigenvalue weighted by atomic mass is 32.2. The van der Waals surface area contributed by atoms with E-state index in [1.54, 1.807) is 0 Å². The number of nitrogens with zero attached hydrogens (tertiary/aromatic N) is 4. The summed E-state index contributed by atoms with van der Waals surface area (Å²) in [6.07, 6.45) is 1.41. The van der Waals surface area contributed by atoms with Gasteiger partial charge < -0.3 is 0 Å². The van der Waals surface area contributed by atoms with Gasteiger partial charge in [-0.15, -0.1) is 5.10 Å². The molecule has 1 aromatic carbocycles. The maximum atomic E-state index is 13.8. The van der Waals surface area contributed by atoms with Crippen LogP contribution in [-0.4, -0.2) is 36.6 Å². The number of aromatic nitrogens is 2. The number of benzene rings is 1. The molecule has 9 heteroatoms. The SMILES string of the molecule is CN(C)S(=O)(=O)Nc1ccn(-c2ccc(C#N)cc2F)n1. The zero-order chi connectivity index (χ0) is 15.6. The van der Waals surface area contributed by atoms with E-state index in [0.717, 1.165) is 10.4 Å². The highest BCUT2D eigenvalue weighted by molar-refractivity contribution is 7.90. The van der Waals surface area contributed by atoms with Gasteiger partial charge >= 0.3 is 10.2 Å². The van der Waals surface area contributed by atoms with Crippen molar-refractivity contribution in [3.05, 3.63) is 41.8 Å². The molecule has 0 saturated heterocycles. The fourth-order valence-corrected chi connectivity index (χ4v) is 2.05. The lowest BCUT2D eigenvalue weighted by Gasteiger charge is -2.11. The molecule has 21 heavy (non-hydrogen) atoms. The molecule has 7 nitrogen and oxygen atoms in total. The summed E-state index contributed by atoms with van der Waals surface area (Å²) in [6.45, 7) is 0. The van der Waals surface area contributed by atoms with Crippen LogP contribution < -0.4 is 4.72 Å². The van der Waals surface area contributed by atoms with Crippen LogP contribution in [0.15, 0.2) is 30.5 Å². The van der Waals surface area contributed by atoms with Crippen LogP contribution in [0.2, 0.25) is 0 Å². The summed E-state index contributed by atoms with van der Waals surface area (Å²) in [6, 6.07) is 7.16. The van der Waals surface area contributed by atoms with Crippen LogP contribution in [0.25, 0.3) is 5.69 Å². The monoisotopic (exact) mass is 309 g/mol. The topological polar surface area (TPSA) is 91.0 Å². The molecular formula is C12H12FN5O2S. The Morgan fingerprint density at radius 3 is 2.67 bits per heavy atom. The Balaban J connectivity index is 2.31. The molecule has 1 N–H and O–H groups in total. The molecule has 0 radical (unpaired) electrons. The van der Waals surface area contributed by atoms with Crippen LogP contribution >= 0.6 is 0 Å². The summed E-state index contributed by atoms with van der Waals surface area (Å²) in [5.74, 6) is -0.563.